The van der Waals surface area contributed by atoms with Gasteiger partial charge in [0.2, 0.25) is 0 Å². The normalized spacial score (nSPS) is 12.2. The van der Waals surface area contributed by atoms with Crippen LogP contribution in [0.4, 0.5) is 4.39 Å². The van der Waals surface area contributed by atoms with Crippen molar-refractivity contribution in [2.45, 2.75) is 19.4 Å². The number of halogens is 1. The summed E-state index contributed by atoms with van der Waals surface area (Å²) in [6.45, 7) is 2.63. The highest BCUT2D eigenvalue weighted by Crippen LogP contribution is 2.28. The summed E-state index contributed by atoms with van der Waals surface area (Å²) in [5.74, 6) is 0.280. The third-order valence-electron chi connectivity index (χ3n) is 2.80. The van der Waals surface area contributed by atoms with E-state index < -0.39 is 11.9 Å². The van der Waals surface area contributed by atoms with Gasteiger partial charge in [-0.1, -0.05) is 25.1 Å². The van der Waals surface area contributed by atoms with E-state index >= 15 is 0 Å². The summed E-state index contributed by atoms with van der Waals surface area (Å²) in [6, 6.07) is 9.68. The van der Waals surface area contributed by atoms with Crippen LogP contribution in [0.15, 0.2) is 42.6 Å². The van der Waals surface area contributed by atoms with Gasteiger partial charge in [0.1, 0.15) is 11.6 Å². The molecule has 19 heavy (non-hydrogen) atoms. The molecule has 100 valence electrons. The van der Waals surface area contributed by atoms with E-state index in [2.05, 4.69) is 4.98 Å². The van der Waals surface area contributed by atoms with Crippen molar-refractivity contribution in [3.05, 3.63) is 59.7 Å². The van der Waals surface area contributed by atoms with Crippen molar-refractivity contribution in [2.75, 3.05) is 6.61 Å². The molecule has 1 aromatic heterocycles. The number of pyridine rings is 1. The van der Waals surface area contributed by atoms with E-state index in [9.17, 15) is 4.39 Å². The number of rotatable bonds is 5. The van der Waals surface area contributed by atoms with Crippen LogP contribution in [0.2, 0.25) is 0 Å². The smallest absolute Gasteiger partial charge is 0.146 e. The molecule has 2 aromatic rings. The van der Waals surface area contributed by atoms with Crippen LogP contribution in [-0.2, 0) is 0 Å². The molecule has 0 fully saturated rings. The number of benzene rings is 1. The van der Waals surface area contributed by atoms with Crippen molar-refractivity contribution in [3.63, 3.8) is 0 Å². The van der Waals surface area contributed by atoms with E-state index in [0.29, 0.717) is 12.4 Å². The molecule has 3 nitrogen and oxygen atoms in total. The van der Waals surface area contributed by atoms with Crippen molar-refractivity contribution in [1.29, 1.82) is 0 Å². The third kappa shape index (κ3) is 3.09. The lowest BCUT2D eigenvalue weighted by atomic mass is 10.0. The fourth-order valence-electron chi connectivity index (χ4n) is 1.85. The van der Waals surface area contributed by atoms with Gasteiger partial charge in [0.25, 0.3) is 0 Å². The minimum absolute atomic E-state index is 0.232. The summed E-state index contributed by atoms with van der Waals surface area (Å²) >= 11 is 0. The SMILES string of the molecule is CCCOc1ccccc1C(N)c1ncccc1F. The molecule has 1 heterocycles. The van der Waals surface area contributed by atoms with E-state index in [1.54, 1.807) is 6.07 Å². The molecule has 0 aliphatic heterocycles. The van der Waals surface area contributed by atoms with Gasteiger partial charge in [-0.05, 0) is 24.6 Å². The molecule has 1 atom stereocenters. The molecule has 0 spiro atoms. The summed E-state index contributed by atoms with van der Waals surface area (Å²) < 4.78 is 19.4. The highest BCUT2D eigenvalue weighted by atomic mass is 19.1. The maximum Gasteiger partial charge on any atom is 0.146 e. The molecule has 0 aliphatic rings. The molecular weight excluding hydrogens is 243 g/mol. The zero-order valence-electron chi connectivity index (χ0n) is 10.8. The number of hydrogen-bond acceptors (Lipinski definition) is 3. The molecule has 0 amide bonds. The van der Waals surface area contributed by atoms with Gasteiger partial charge < -0.3 is 10.5 Å². The minimum atomic E-state index is -0.630. The molecule has 1 unspecified atom stereocenters. The Morgan fingerprint density at radius 1 is 1.26 bits per heavy atom. The maximum absolute atomic E-state index is 13.7. The second-order valence-corrected chi connectivity index (χ2v) is 4.23. The largest absolute Gasteiger partial charge is 0.493 e. The number of para-hydroxylation sites is 1. The lowest BCUT2D eigenvalue weighted by Gasteiger charge is -2.16. The molecule has 2 rings (SSSR count). The van der Waals surface area contributed by atoms with Gasteiger partial charge in [-0.3, -0.25) is 4.98 Å². The summed E-state index contributed by atoms with van der Waals surface area (Å²) in [5, 5.41) is 0. The van der Waals surface area contributed by atoms with Crippen LogP contribution in [-0.4, -0.2) is 11.6 Å². The van der Waals surface area contributed by atoms with Crippen LogP contribution in [0.3, 0.4) is 0 Å². The van der Waals surface area contributed by atoms with Crippen molar-refractivity contribution in [1.82, 2.24) is 4.98 Å². The average Bonchev–Trinajstić information content (AvgIpc) is 2.45. The first-order valence-electron chi connectivity index (χ1n) is 6.31. The summed E-state index contributed by atoms with van der Waals surface area (Å²) in [4.78, 5) is 4.02. The number of nitrogens with zero attached hydrogens (tertiary/aromatic N) is 1. The third-order valence-corrected chi connectivity index (χ3v) is 2.80. The first-order valence-corrected chi connectivity index (χ1v) is 6.31. The summed E-state index contributed by atoms with van der Waals surface area (Å²) in [6.07, 6.45) is 2.44. The predicted molar refractivity (Wildman–Crippen MR) is 72.5 cm³/mol. The van der Waals surface area contributed by atoms with Gasteiger partial charge in [0, 0.05) is 11.8 Å². The fraction of sp³-hybridized carbons (Fsp3) is 0.267. The first-order chi connectivity index (χ1) is 9.24. The van der Waals surface area contributed by atoms with E-state index in [4.69, 9.17) is 10.5 Å². The van der Waals surface area contributed by atoms with Crippen molar-refractivity contribution >= 4 is 0 Å². The van der Waals surface area contributed by atoms with Crippen LogP contribution in [0.5, 0.6) is 5.75 Å². The summed E-state index contributed by atoms with van der Waals surface area (Å²) in [5.41, 5.74) is 7.08. The monoisotopic (exact) mass is 260 g/mol. The van der Waals surface area contributed by atoms with Crippen LogP contribution >= 0.6 is 0 Å². The van der Waals surface area contributed by atoms with E-state index in [1.165, 1.54) is 12.3 Å². The Balaban J connectivity index is 2.33. The maximum atomic E-state index is 13.7. The van der Waals surface area contributed by atoms with Gasteiger partial charge >= 0.3 is 0 Å². The van der Waals surface area contributed by atoms with Gasteiger partial charge in [-0.25, -0.2) is 4.39 Å². The molecule has 0 saturated heterocycles. The van der Waals surface area contributed by atoms with Crippen LogP contribution < -0.4 is 10.5 Å². The van der Waals surface area contributed by atoms with Gasteiger partial charge in [0.15, 0.2) is 0 Å². The van der Waals surface area contributed by atoms with Crippen LogP contribution in [0.25, 0.3) is 0 Å². The van der Waals surface area contributed by atoms with E-state index in [1.807, 2.05) is 31.2 Å². The number of ether oxygens (including phenoxy) is 1. The van der Waals surface area contributed by atoms with Gasteiger partial charge in [0.05, 0.1) is 18.3 Å². The molecule has 0 bridgehead atoms. The molecular formula is C15H17FN2O. The van der Waals surface area contributed by atoms with Gasteiger partial charge in [-0.15, -0.1) is 0 Å². The van der Waals surface area contributed by atoms with Gasteiger partial charge in [-0.2, -0.15) is 0 Å². The van der Waals surface area contributed by atoms with E-state index in [-0.39, 0.29) is 5.69 Å². The average molecular weight is 260 g/mol. The Kier molecular flexibility index (Phi) is 4.47. The first kappa shape index (κ1) is 13.5. The predicted octanol–water partition coefficient (Wildman–Crippen LogP) is 3.06. The highest BCUT2D eigenvalue weighted by Gasteiger charge is 2.18. The molecule has 1 aromatic carbocycles. The van der Waals surface area contributed by atoms with Crippen molar-refractivity contribution in [3.8, 4) is 5.75 Å². The number of nitrogens with two attached hydrogens (primary N) is 1. The van der Waals surface area contributed by atoms with E-state index in [0.717, 1.165) is 12.0 Å². The Labute approximate surface area is 112 Å². The lowest BCUT2D eigenvalue weighted by molar-refractivity contribution is 0.313. The van der Waals surface area contributed by atoms with Crippen molar-refractivity contribution in [2.24, 2.45) is 5.73 Å². The Morgan fingerprint density at radius 3 is 2.79 bits per heavy atom. The quantitative estimate of drug-likeness (QED) is 0.898. The Hall–Kier alpha value is -1.94. The topological polar surface area (TPSA) is 48.1 Å². The van der Waals surface area contributed by atoms with Crippen molar-refractivity contribution < 1.29 is 9.13 Å². The zero-order chi connectivity index (χ0) is 13.7. The molecule has 0 aliphatic carbocycles. The minimum Gasteiger partial charge on any atom is -0.493 e. The summed E-state index contributed by atoms with van der Waals surface area (Å²) in [7, 11) is 0. The molecule has 4 heteroatoms. The Morgan fingerprint density at radius 2 is 2.05 bits per heavy atom. The standard InChI is InChI=1S/C15H17FN2O/c1-2-10-19-13-8-4-3-6-11(13)14(17)15-12(16)7-5-9-18-15/h3-9,14H,2,10,17H2,1H3. The second kappa shape index (κ2) is 6.29. The highest BCUT2D eigenvalue weighted by molar-refractivity contribution is 5.39. The van der Waals surface area contributed by atoms with Crippen LogP contribution in [0.1, 0.15) is 30.6 Å². The zero-order valence-corrected chi connectivity index (χ0v) is 10.8. The number of aromatic nitrogens is 1. The number of hydrogen-bond donors (Lipinski definition) is 1. The lowest BCUT2D eigenvalue weighted by Crippen LogP contribution is -2.16. The molecule has 0 saturated carbocycles. The molecule has 2 N–H and O–H groups in total. The molecule has 0 radical (unpaired) electrons. The van der Waals surface area contributed by atoms with Crippen LogP contribution in [0, 0.1) is 5.82 Å². The second-order valence-electron chi connectivity index (χ2n) is 4.23. The fourth-order valence-corrected chi connectivity index (χ4v) is 1.85. The Bertz CT molecular complexity index is 545.